The molecule has 0 aliphatic heterocycles. The van der Waals surface area contributed by atoms with Gasteiger partial charge in [-0.1, -0.05) is 6.07 Å². The number of nitrogens with one attached hydrogen (secondary N) is 1. The summed E-state index contributed by atoms with van der Waals surface area (Å²) in [6, 6.07) is 8.27. The maximum absolute atomic E-state index is 8.45. The molecule has 0 amide bonds. The van der Waals surface area contributed by atoms with Crippen LogP contribution >= 0.6 is 0 Å². The van der Waals surface area contributed by atoms with Crippen LogP contribution in [0.4, 0.5) is 0 Å². The third-order valence-corrected chi connectivity index (χ3v) is 2.81. The van der Waals surface area contributed by atoms with Crippen LogP contribution in [0.2, 0.25) is 0 Å². The summed E-state index contributed by atoms with van der Waals surface area (Å²) in [4.78, 5) is 0. The molecule has 0 fully saturated rings. The number of hydrogen-bond acceptors (Lipinski definition) is 4. The van der Waals surface area contributed by atoms with Crippen molar-refractivity contribution in [1.29, 1.82) is 5.26 Å². The van der Waals surface area contributed by atoms with E-state index in [4.69, 9.17) is 14.7 Å². The lowest BCUT2D eigenvalue weighted by Gasteiger charge is -2.15. The van der Waals surface area contributed by atoms with Crippen LogP contribution in [0.25, 0.3) is 0 Å². The van der Waals surface area contributed by atoms with E-state index in [1.165, 1.54) is 0 Å². The first kappa shape index (κ1) is 14.3. The van der Waals surface area contributed by atoms with Crippen molar-refractivity contribution in [3.05, 3.63) is 23.8 Å². The summed E-state index contributed by atoms with van der Waals surface area (Å²) in [7, 11) is 3.55. The molecule has 0 heterocycles. The number of hydrogen-bond donors (Lipinski definition) is 1. The molecule has 4 nitrogen and oxygen atoms in total. The summed E-state index contributed by atoms with van der Waals surface area (Å²) in [6.07, 6.45) is 1.24. The molecule has 4 heteroatoms. The van der Waals surface area contributed by atoms with Gasteiger partial charge in [-0.05, 0) is 38.1 Å². The Labute approximate surface area is 109 Å². The molecule has 0 aliphatic carbocycles. The van der Waals surface area contributed by atoms with E-state index in [0.717, 1.165) is 23.5 Å². The third-order valence-electron chi connectivity index (χ3n) is 2.81. The van der Waals surface area contributed by atoms with Gasteiger partial charge in [0.05, 0.1) is 19.8 Å². The Kier molecular flexibility index (Phi) is 6.03. The maximum atomic E-state index is 8.45. The zero-order valence-electron chi connectivity index (χ0n) is 11.2. The summed E-state index contributed by atoms with van der Waals surface area (Å²) < 4.78 is 10.9. The van der Waals surface area contributed by atoms with Crippen LogP contribution in [0.5, 0.6) is 11.5 Å². The number of ether oxygens (including phenoxy) is 2. The molecule has 1 atom stereocenters. The summed E-state index contributed by atoms with van der Waals surface area (Å²) in [5.41, 5.74) is 1.15. The van der Waals surface area contributed by atoms with Crippen LogP contribution in [0.3, 0.4) is 0 Å². The van der Waals surface area contributed by atoms with Crippen molar-refractivity contribution in [1.82, 2.24) is 5.32 Å². The topological polar surface area (TPSA) is 54.3 Å². The number of benzene rings is 1. The van der Waals surface area contributed by atoms with E-state index in [2.05, 4.69) is 18.3 Å². The second kappa shape index (κ2) is 7.57. The zero-order chi connectivity index (χ0) is 13.4. The second-order valence-corrected chi connectivity index (χ2v) is 4.03. The Morgan fingerprint density at radius 3 is 2.78 bits per heavy atom. The Morgan fingerprint density at radius 1 is 1.39 bits per heavy atom. The lowest BCUT2D eigenvalue weighted by Crippen LogP contribution is -2.12. The van der Waals surface area contributed by atoms with E-state index >= 15 is 0 Å². The number of nitrogens with zero attached hydrogens (tertiary/aromatic N) is 1. The lowest BCUT2D eigenvalue weighted by molar-refractivity contribution is 0.290. The average Bonchev–Trinajstić information content (AvgIpc) is 2.42. The minimum atomic E-state index is 0.270. The second-order valence-electron chi connectivity index (χ2n) is 4.03. The maximum Gasteiger partial charge on any atom is 0.161 e. The van der Waals surface area contributed by atoms with Crippen molar-refractivity contribution >= 4 is 0 Å². The fourth-order valence-corrected chi connectivity index (χ4v) is 1.57. The van der Waals surface area contributed by atoms with E-state index < -0.39 is 0 Å². The quantitative estimate of drug-likeness (QED) is 0.754. The number of rotatable bonds is 7. The van der Waals surface area contributed by atoms with Crippen molar-refractivity contribution in [3.63, 3.8) is 0 Å². The Bertz CT molecular complexity index is 413. The van der Waals surface area contributed by atoms with Crippen molar-refractivity contribution in [2.45, 2.75) is 25.8 Å². The normalized spacial score (nSPS) is 11.7. The SMILES string of the molecule is CNC(C)c1ccc(OCCCC#N)c(OC)c1. The van der Waals surface area contributed by atoms with Gasteiger partial charge in [-0.2, -0.15) is 5.26 Å². The monoisotopic (exact) mass is 248 g/mol. The number of unbranched alkanes of at least 4 members (excludes halogenated alkanes) is 1. The van der Waals surface area contributed by atoms with E-state index in [1.807, 2.05) is 25.2 Å². The Balaban J connectivity index is 2.71. The highest BCUT2D eigenvalue weighted by molar-refractivity contribution is 5.43. The predicted molar refractivity (Wildman–Crippen MR) is 70.8 cm³/mol. The average molecular weight is 248 g/mol. The fraction of sp³-hybridized carbons (Fsp3) is 0.500. The highest BCUT2D eigenvalue weighted by Crippen LogP contribution is 2.30. The van der Waals surface area contributed by atoms with Gasteiger partial charge < -0.3 is 14.8 Å². The lowest BCUT2D eigenvalue weighted by atomic mass is 10.1. The predicted octanol–water partition coefficient (Wildman–Crippen LogP) is 2.66. The van der Waals surface area contributed by atoms with E-state index in [9.17, 15) is 0 Å². The standard InChI is InChI=1S/C14H20N2O2/c1-11(16-2)12-6-7-13(14(10-12)17-3)18-9-5-4-8-15/h6-7,10-11,16H,4-5,9H2,1-3H3. The van der Waals surface area contributed by atoms with Crippen molar-refractivity contribution < 1.29 is 9.47 Å². The molecule has 1 N–H and O–H groups in total. The largest absolute Gasteiger partial charge is 0.493 e. The smallest absolute Gasteiger partial charge is 0.161 e. The molecule has 0 radical (unpaired) electrons. The highest BCUT2D eigenvalue weighted by Gasteiger charge is 2.09. The molecule has 0 bridgehead atoms. The van der Waals surface area contributed by atoms with Crippen molar-refractivity contribution in [3.8, 4) is 17.6 Å². The van der Waals surface area contributed by atoms with Gasteiger partial charge in [0.25, 0.3) is 0 Å². The van der Waals surface area contributed by atoms with Crippen LogP contribution in [-0.4, -0.2) is 20.8 Å². The molecule has 1 aromatic rings. The van der Waals surface area contributed by atoms with Crippen molar-refractivity contribution in [2.75, 3.05) is 20.8 Å². The van der Waals surface area contributed by atoms with Gasteiger partial charge in [-0.15, -0.1) is 0 Å². The molecule has 0 spiro atoms. The molecule has 18 heavy (non-hydrogen) atoms. The van der Waals surface area contributed by atoms with Gasteiger partial charge in [-0.3, -0.25) is 0 Å². The molecular formula is C14H20N2O2. The molecule has 0 saturated carbocycles. The summed E-state index contributed by atoms with van der Waals surface area (Å²) >= 11 is 0. The van der Waals surface area contributed by atoms with Gasteiger partial charge in [0.15, 0.2) is 11.5 Å². The fourth-order valence-electron chi connectivity index (χ4n) is 1.57. The van der Waals surface area contributed by atoms with Crippen molar-refractivity contribution in [2.24, 2.45) is 0 Å². The van der Waals surface area contributed by atoms with Crippen LogP contribution in [-0.2, 0) is 0 Å². The minimum absolute atomic E-state index is 0.270. The van der Waals surface area contributed by atoms with Gasteiger partial charge in [0, 0.05) is 12.5 Å². The number of methoxy groups -OCH3 is 1. The first-order valence-corrected chi connectivity index (χ1v) is 6.08. The third kappa shape index (κ3) is 3.94. The molecule has 1 unspecified atom stereocenters. The molecule has 0 aromatic heterocycles. The Morgan fingerprint density at radius 2 is 2.17 bits per heavy atom. The summed E-state index contributed by atoms with van der Waals surface area (Å²) in [5.74, 6) is 1.45. The first-order valence-electron chi connectivity index (χ1n) is 6.08. The van der Waals surface area contributed by atoms with E-state index in [1.54, 1.807) is 7.11 Å². The van der Waals surface area contributed by atoms with Crippen LogP contribution in [0.15, 0.2) is 18.2 Å². The van der Waals surface area contributed by atoms with Crippen LogP contribution in [0.1, 0.15) is 31.4 Å². The summed E-state index contributed by atoms with van der Waals surface area (Å²) in [6.45, 7) is 2.62. The Hall–Kier alpha value is -1.73. The van der Waals surface area contributed by atoms with Crippen LogP contribution in [0, 0.1) is 11.3 Å². The minimum Gasteiger partial charge on any atom is -0.493 e. The van der Waals surface area contributed by atoms with Gasteiger partial charge in [0.1, 0.15) is 0 Å². The first-order chi connectivity index (χ1) is 8.72. The van der Waals surface area contributed by atoms with E-state index in [0.29, 0.717) is 13.0 Å². The van der Waals surface area contributed by atoms with E-state index in [-0.39, 0.29) is 6.04 Å². The summed E-state index contributed by atoms with van der Waals surface area (Å²) in [5, 5.41) is 11.6. The van der Waals surface area contributed by atoms with Crippen LogP contribution < -0.4 is 14.8 Å². The number of nitriles is 1. The highest BCUT2D eigenvalue weighted by atomic mass is 16.5. The van der Waals surface area contributed by atoms with Gasteiger partial charge in [0.2, 0.25) is 0 Å². The molecule has 0 saturated heterocycles. The molecular weight excluding hydrogens is 228 g/mol. The zero-order valence-corrected chi connectivity index (χ0v) is 11.2. The van der Waals surface area contributed by atoms with Gasteiger partial charge >= 0.3 is 0 Å². The molecule has 1 rings (SSSR count). The molecule has 0 aliphatic rings. The molecule has 1 aromatic carbocycles. The van der Waals surface area contributed by atoms with Gasteiger partial charge in [-0.25, -0.2) is 0 Å². The molecule has 98 valence electrons.